The molecule has 0 N–H and O–H groups in total. The molecule has 3 rings (SSSR count). The number of hydrogen-bond donors (Lipinski definition) is 0. The van der Waals surface area contributed by atoms with Crippen molar-refractivity contribution in [2.45, 2.75) is 29.9 Å². The minimum Gasteiger partial charge on any atom is -0.269 e. The average molecular weight is 328 g/mol. The molecule has 114 valence electrons. The fourth-order valence-electron chi connectivity index (χ4n) is 2.83. The summed E-state index contributed by atoms with van der Waals surface area (Å²) in [5, 5.41) is 1.16. The van der Waals surface area contributed by atoms with Crippen molar-refractivity contribution in [2.75, 3.05) is 6.26 Å². The SMILES string of the molecule is CSC1(Cc2ccccc2)SC(c2ccccc2)=NC1(C)C. The van der Waals surface area contributed by atoms with Crippen LogP contribution >= 0.6 is 23.5 Å². The van der Waals surface area contributed by atoms with Gasteiger partial charge in [0.1, 0.15) is 0 Å². The molecule has 0 saturated carbocycles. The summed E-state index contributed by atoms with van der Waals surface area (Å²) in [4.78, 5) is 5.07. The summed E-state index contributed by atoms with van der Waals surface area (Å²) in [6, 6.07) is 21.3. The van der Waals surface area contributed by atoms with Gasteiger partial charge in [0, 0.05) is 5.56 Å². The fraction of sp³-hybridized carbons (Fsp3) is 0.316. The Labute approximate surface area is 141 Å². The van der Waals surface area contributed by atoms with Crippen molar-refractivity contribution >= 4 is 28.6 Å². The van der Waals surface area contributed by atoms with Gasteiger partial charge in [-0.05, 0) is 32.1 Å². The molecule has 1 aliphatic heterocycles. The van der Waals surface area contributed by atoms with Crippen molar-refractivity contribution in [3.05, 3.63) is 71.8 Å². The molecule has 0 spiro atoms. The topological polar surface area (TPSA) is 12.4 Å². The molecule has 0 radical (unpaired) electrons. The molecule has 1 atom stereocenters. The van der Waals surface area contributed by atoms with Crippen molar-refractivity contribution < 1.29 is 0 Å². The largest absolute Gasteiger partial charge is 0.269 e. The van der Waals surface area contributed by atoms with E-state index in [1.165, 1.54) is 11.1 Å². The molecule has 3 heteroatoms. The molecular weight excluding hydrogens is 306 g/mol. The predicted molar refractivity (Wildman–Crippen MR) is 101 cm³/mol. The van der Waals surface area contributed by atoms with Gasteiger partial charge >= 0.3 is 0 Å². The minimum absolute atomic E-state index is 0.0412. The quantitative estimate of drug-likeness (QED) is 0.759. The highest BCUT2D eigenvalue weighted by atomic mass is 32.2. The molecule has 0 aromatic heterocycles. The Hall–Kier alpha value is -1.19. The van der Waals surface area contributed by atoms with Gasteiger partial charge in [0.05, 0.1) is 14.7 Å². The molecule has 0 saturated heterocycles. The summed E-state index contributed by atoms with van der Waals surface area (Å²) in [7, 11) is 0. The van der Waals surface area contributed by atoms with Crippen LogP contribution in [-0.2, 0) is 6.42 Å². The molecule has 0 fully saturated rings. The van der Waals surface area contributed by atoms with E-state index >= 15 is 0 Å². The molecule has 2 aromatic carbocycles. The van der Waals surface area contributed by atoms with Crippen LogP contribution in [0.15, 0.2) is 65.7 Å². The number of hydrogen-bond acceptors (Lipinski definition) is 3. The van der Waals surface area contributed by atoms with Crippen molar-refractivity contribution in [1.29, 1.82) is 0 Å². The van der Waals surface area contributed by atoms with E-state index in [9.17, 15) is 0 Å². The number of rotatable bonds is 4. The van der Waals surface area contributed by atoms with Crippen LogP contribution in [0.5, 0.6) is 0 Å². The third-order valence-electron chi connectivity index (χ3n) is 4.20. The first kappa shape index (κ1) is 15.7. The zero-order valence-corrected chi connectivity index (χ0v) is 14.9. The number of aliphatic imine (C=N–C) groups is 1. The molecule has 1 nitrogen and oxygen atoms in total. The van der Waals surface area contributed by atoms with Gasteiger partial charge in [-0.15, -0.1) is 11.8 Å². The molecule has 0 aliphatic carbocycles. The third kappa shape index (κ3) is 2.84. The van der Waals surface area contributed by atoms with Crippen molar-refractivity contribution in [2.24, 2.45) is 4.99 Å². The first-order valence-corrected chi connectivity index (χ1v) is 9.54. The van der Waals surface area contributed by atoms with Crippen molar-refractivity contribution in [3.63, 3.8) is 0 Å². The Morgan fingerprint density at radius 3 is 2.14 bits per heavy atom. The van der Waals surface area contributed by atoms with Gasteiger partial charge in [-0.25, -0.2) is 0 Å². The second-order valence-corrected chi connectivity index (χ2v) is 8.71. The van der Waals surface area contributed by atoms with Gasteiger partial charge in [0.2, 0.25) is 0 Å². The Bertz CT molecular complexity index is 664. The smallest absolute Gasteiger partial charge is 0.0999 e. The minimum atomic E-state index is -0.0991. The van der Waals surface area contributed by atoms with E-state index in [4.69, 9.17) is 4.99 Å². The van der Waals surface area contributed by atoms with Gasteiger partial charge in [-0.1, -0.05) is 72.4 Å². The third-order valence-corrected chi connectivity index (χ3v) is 7.75. The zero-order chi connectivity index (χ0) is 15.6. The lowest BCUT2D eigenvalue weighted by molar-refractivity contribution is 0.475. The Balaban J connectivity index is 1.93. The van der Waals surface area contributed by atoms with Crippen LogP contribution in [-0.4, -0.2) is 20.9 Å². The summed E-state index contributed by atoms with van der Waals surface area (Å²) in [5.74, 6) is 0. The van der Waals surface area contributed by atoms with Crippen LogP contribution in [0.2, 0.25) is 0 Å². The van der Waals surface area contributed by atoms with Crippen LogP contribution < -0.4 is 0 Å². The van der Waals surface area contributed by atoms with Gasteiger partial charge in [-0.3, -0.25) is 4.99 Å². The van der Waals surface area contributed by atoms with Crippen molar-refractivity contribution in [3.8, 4) is 0 Å². The van der Waals surface area contributed by atoms with Gasteiger partial charge < -0.3 is 0 Å². The monoisotopic (exact) mass is 327 g/mol. The van der Waals surface area contributed by atoms with E-state index in [2.05, 4.69) is 80.8 Å². The van der Waals surface area contributed by atoms with E-state index in [1.54, 1.807) is 0 Å². The predicted octanol–water partition coefficient (Wildman–Crippen LogP) is 5.26. The molecule has 1 heterocycles. The van der Waals surface area contributed by atoms with E-state index in [1.807, 2.05) is 23.5 Å². The van der Waals surface area contributed by atoms with E-state index in [0.717, 1.165) is 11.5 Å². The van der Waals surface area contributed by atoms with Crippen molar-refractivity contribution in [1.82, 2.24) is 0 Å². The summed E-state index contributed by atoms with van der Waals surface area (Å²) >= 11 is 3.85. The van der Waals surface area contributed by atoms with Crippen LogP contribution in [0.4, 0.5) is 0 Å². The molecular formula is C19H21NS2. The molecule has 2 aromatic rings. The Kier molecular flexibility index (Phi) is 4.37. The maximum absolute atomic E-state index is 5.07. The van der Waals surface area contributed by atoms with Crippen LogP contribution in [0.25, 0.3) is 0 Å². The van der Waals surface area contributed by atoms with Gasteiger partial charge in [0.15, 0.2) is 0 Å². The van der Waals surface area contributed by atoms with E-state index in [0.29, 0.717) is 0 Å². The Morgan fingerprint density at radius 2 is 1.55 bits per heavy atom. The van der Waals surface area contributed by atoms with Gasteiger partial charge in [0.25, 0.3) is 0 Å². The normalized spacial score (nSPS) is 23.3. The highest BCUT2D eigenvalue weighted by Gasteiger charge is 2.51. The number of nitrogens with zero attached hydrogens (tertiary/aromatic N) is 1. The van der Waals surface area contributed by atoms with Gasteiger partial charge in [-0.2, -0.15) is 0 Å². The first-order valence-electron chi connectivity index (χ1n) is 7.50. The van der Waals surface area contributed by atoms with E-state index < -0.39 is 0 Å². The summed E-state index contributed by atoms with van der Waals surface area (Å²) in [5.41, 5.74) is 2.50. The summed E-state index contributed by atoms with van der Waals surface area (Å²) in [6.07, 6.45) is 3.23. The van der Waals surface area contributed by atoms with Crippen LogP contribution in [0.1, 0.15) is 25.0 Å². The average Bonchev–Trinajstić information content (AvgIpc) is 2.81. The van der Waals surface area contributed by atoms with Crippen LogP contribution in [0, 0.1) is 0 Å². The molecule has 1 unspecified atom stereocenters. The van der Waals surface area contributed by atoms with E-state index in [-0.39, 0.29) is 9.62 Å². The lowest BCUT2D eigenvalue weighted by Crippen LogP contribution is -2.41. The maximum Gasteiger partial charge on any atom is 0.0999 e. The molecule has 1 aliphatic rings. The molecule has 0 amide bonds. The Morgan fingerprint density at radius 1 is 0.955 bits per heavy atom. The number of benzene rings is 2. The molecule has 22 heavy (non-hydrogen) atoms. The highest BCUT2D eigenvalue weighted by molar-refractivity contribution is 8.26. The summed E-state index contributed by atoms with van der Waals surface area (Å²) < 4.78 is 0.0412. The number of thioether (sulfide) groups is 2. The zero-order valence-electron chi connectivity index (χ0n) is 13.2. The first-order chi connectivity index (χ1) is 10.6. The van der Waals surface area contributed by atoms with Crippen LogP contribution in [0.3, 0.4) is 0 Å². The lowest BCUT2D eigenvalue weighted by atomic mass is 9.94. The molecule has 0 bridgehead atoms. The summed E-state index contributed by atoms with van der Waals surface area (Å²) in [6.45, 7) is 4.52. The maximum atomic E-state index is 5.07. The lowest BCUT2D eigenvalue weighted by Gasteiger charge is -2.37. The second kappa shape index (κ2) is 6.13. The standard InChI is InChI=1S/C19H21NS2/c1-18(2)19(21-3,14-15-10-6-4-7-11-15)22-17(20-18)16-12-8-5-9-13-16/h4-13H,14H2,1-3H3. The highest BCUT2D eigenvalue weighted by Crippen LogP contribution is 2.54. The fourth-order valence-corrected chi connectivity index (χ4v) is 5.63. The second-order valence-electron chi connectivity index (χ2n) is 6.06.